The summed E-state index contributed by atoms with van der Waals surface area (Å²) >= 11 is 0. The molecule has 1 heterocycles. The van der Waals surface area contributed by atoms with Crippen molar-refractivity contribution in [1.29, 1.82) is 0 Å². The molecule has 2 aromatic carbocycles. The lowest BCUT2D eigenvalue weighted by atomic mass is 10.2. The van der Waals surface area contributed by atoms with Gasteiger partial charge in [-0.3, -0.25) is 4.79 Å². The van der Waals surface area contributed by atoms with Crippen molar-refractivity contribution in [2.45, 2.75) is 0 Å². The maximum Gasteiger partial charge on any atom is 0.346 e. The molecule has 28 heavy (non-hydrogen) atoms. The highest BCUT2D eigenvalue weighted by Crippen LogP contribution is 2.28. The van der Waals surface area contributed by atoms with Gasteiger partial charge in [-0.2, -0.15) is 0 Å². The van der Waals surface area contributed by atoms with Gasteiger partial charge in [0.15, 0.2) is 6.61 Å². The molecule has 0 radical (unpaired) electrons. The Morgan fingerprint density at radius 2 is 1.46 bits per heavy atom. The van der Waals surface area contributed by atoms with E-state index in [-0.39, 0.29) is 18.1 Å². The predicted molar refractivity (Wildman–Crippen MR) is 105 cm³/mol. The highest BCUT2D eigenvalue weighted by molar-refractivity contribution is 5.96. The van der Waals surface area contributed by atoms with Crippen LogP contribution in [0, 0.1) is 0 Å². The van der Waals surface area contributed by atoms with Crippen LogP contribution in [0.15, 0.2) is 48.5 Å². The zero-order valence-corrected chi connectivity index (χ0v) is 16.1. The van der Waals surface area contributed by atoms with Crippen LogP contribution < -0.4 is 14.4 Å². The van der Waals surface area contributed by atoms with Crippen LogP contribution in [0.3, 0.4) is 0 Å². The molecule has 0 bridgehead atoms. The van der Waals surface area contributed by atoms with E-state index in [1.165, 1.54) is 14.2 Å². The van der Waals surface area contributed by atoms with Crippen LogP contribution in [0.5, 0.6) is 11.5 Å². The molecule has 0 aliphatic carbocycles. The van der Waals surface area contributed by atoms with Crippen LogP contribution >= 0.6 is 0 Å². The zero-order chi connectivity index (χ0) is 19.9. The second-order valence-corrected chi connectivity index (χ2v) is 6.32. The molecule has 1 aliphatic heterocycles. The van der Waals surface area contributed by atoms with Crippen molar-refractivity contribution in [3.8, 4) is 11.5 Å². The van der Waals surface area contributed by atoms with Crippen LogP contribution in [0.2, 0.25) is 0 Å². The van der Waals surface area contributed by atoms with E-state index in [0.717, 1.165) is 18.8 Å². The molecule has 0 N–H and O–H groups in total. The van der Waals surface area contributed by atoms with Crippen LogP contribution in [0.25, 0.3) is 0 Å². The Balaban J connectivity index is 1.55. The van der Waals surface area contributed by atoms with Gasteiger partial charge < -0.3 is 24.0 Å². The number of carbonyl (C=O) groups excluding carboxylic acids is 2. The first-order valence-electron chi connectivity index (χ1n) is 9.10. The maximum atomic E-state index is 12.5. The summed E-state index contributed by atoms with van der Waals surface area (Å²) in [5.74, 6) is -0.179. The monoisotopic (exact) mass is 384 g/mol. The number of rotatable bonds is 6. The normalized spacial score (nSPS) is 13.8. The molecule has 1 aliphatic rings. The van der Waals surface area contributed by atoms with E-state index in [9.17, 15) is 9.59 Å². The SMILES string of the molecule is COc1cccc(OC)c1C(=O)OCC(=O)N1CCN(c2ccccc2)CC1. The first-order chi connectivity index (χ1) is 13.6. The van der Waals surface area contributed by atoms with Gasteiger partial charge in [-0.15, -0.1) is 0 Å². The minimum atomic E-state index is -0.648. The highest BCUT2D eigenvalue weighted by Gasteiger charge is 2.24. The number of nitrogens with zero attached hydrogens (tertiary/aromatic N) is 2. The summed E-state index contributed by atoms with van der Waals surface area (Å²) < 4.78 is 15.6. The molecule has 0 saturated carbocycles. The van der Waals surface area contributed by atoms with Gasteiger partial charge in [0.2, 0.25) is 0 Å². The average Bonchev–Trinajstić information content (AvgIpc) is 2.77. The molecule has 1 fully saturated rings. The molecule has 7 heteroatoms. The fraction of sp³-hybridized carbons (Fsp3) is 0.333. The Morgan fingerprint density at radius 3 is 2.04 bits per heavy atom. The number of esters is 1. The van der Waals surface area contributed by atoms with Crippen LogP contribution in [0.4, 0.5) is 5.69 Å². The van der Waals surface area contributed by atoms with Crippen LogP contribution in [-0.4, -0.2) is 63.8 Å². The van der Waals surface area contributed by atoms with Gasteiger partial charge in [-0.25, -0.2) is 4.79 Å². The van der Waals surface area contributed by atoms with Gasteiger partial charge >= 0.3 is 5.97 Å². The number of carbonyl (C=O) groups is 2. The van der Waals surface area contributed by atoms with Gasteiger partial charge in [-0.1, -0.05) is 24.3 Å². The number of ether oxygens (including phenoxy) is 3. The first kappa shape index (κ1) is 19.5. The maximum absolute atomic E-state index is 12.5. The zero-order valence-electron chi connectivity index (χ0n) is 16.1. The Hall–Kier alpha value is -3.22. The predicted octanol–water partition coefficient (Wildman–Crippen LogP) is 2.21. The second-order valence-electron chi connectivity index (χ2n) is 6.32. The van der Waals surface area contributed by atoms with E-state index in [2.05, 4.69) is 17.0 Å². The minimum Gasteiger partial charge on any atom is -0.496 e. The van der Waals surface area contributed by atoms with Crippen LogP contribution in [-0.2, 0) is 9.53 Å². The van der Waals surface area contributed by atoms with Gasteiger partial charge in [0.25, 0.3) is 5.91 Å². The number of methoxy groups -OCH3 is 2. The Bertz CT molecular complexity index is 795. The summed E-state index contributed by atoms with van der Waals surface area (Å²) in [6, 6.07) is 15.1. The molecule has 1 amide bonds. The second kappa shape index (κ2) is 9.12. The van der Waals surface area contributed by atoms with Crippen LogP contribution in [0.1, 0.15) is 10.4 Å². The van der Waals surface area contributed by atoms with Gasteiger partial charge in [-0.05, 0) is 24.3 Å². The number of anilines is 1. The number of piperazine rings is 1. The molecule has 2 aromatic rings. The number of para-hydroxylation sites is 1. The standard InChI is InChI=1S/C21H24N2O5/c1-26-17-9-6-10-18(27-2)20(17)21(25)28-15-19(24)23-13-11-22(12-14-23)16-7-4-3-5-8-16/h3-10H,11-15H2,1-2H3. The minimum absolute atomic E-state index is 0.175. The topological polar surface area (TPSA) is 68.3 Å². The molecule has 3 rings (SSSR count). The Kier molecular flexibility index (Phi) is 6.37. The van der Waals surface area contributed by atoms with E-state index in [1.807, 2.05) is 18.2 Å². The third kappa shape index (κ3) is 4.36. The summed E-state index contributed by atoms with van der Waals surface area (Å²) in [5, 5.41) is 0. The van der Waals surface area contributed by atoms with Crippen molar-refractivity contribution in [2.24, 2.45) is 0 Å². The molecule has 0 aromatic heterocycles. The van der Waals surface area contributed by atoms with E-state index in [0.29, 0.717) is 24.6 Å². The summed E-state index contributed by atoms with van der Waals surface area (Å²) in [7, 11) is 2.92. The molecule has 1 saturated heterocycles. The quantitative estimate of drug-likeness (QED) is 0.712. The molecule has 148 valence electrons. The van der Waals surface area contributed by atoms with E-state index < -0.39 is 5.97 Å². The summed E-state index contributed by atoms with van der Waals surface area (Å²) in [6.07, 6.45) is 0. The lowest BCUT2D eigenvalue weighted by Crippen LogP contribution is -2.49. The smallest absolute Gasteiger partial charge is 0.346 e. The highest BCUT2D eigenvalue weighted by atomic mass is 16.5. The van der Waals surface area contributed by atoms with Crippen molar-refractivity contribution in [3.63, 3.8) is 0 Å². The Labute approximate surface area is 164 Å². The number of amides is 1. The fourth-order valence-electron chi connectivity index (χ4n) is 3.20. The lowest BCUT2D eigenvalue weighted by Gasteiger charge is -2.36. The van der Waals surface area contributed by atoms with Crippen molar-refractivity contribution < 1.29 is 23.8 Å². The van der Waals surface area contributed by atoms with Crippen molar-refractivity contribution in [1.82, 2.24) is 4.90 Å². The van der Waals surface area contributed by atoms with Crippen molar-refractivity contribution in [2.75, 3.05) is 51.9 Å². The molecule has 0 spiro atoms. The summed E-state index contributed by atoms with van der Waals surface area (Å²) in [4.78, 5) is 28.9. The van der Waals surface area contributed by atoms with E-state index in [1.54, 1.807) is 23.1 Å². The average molecular weight is 384 g/mol. The largest absolute Gasteiger partial charge is 0.496 e. The third-order valence-electron chi connectivity index (χ3n) is 4.71. The van der Waals surface area contributed by atoms with Crippen molar-refractivity contribution in [3.05, 3.63) is 54.1 Å². The third-order valence-corrected chi connectivity index (χ3v) is 4.71. The number of benzene rings is 2. The molecule has 0 atom stereocenters. The molecule has 7 nitrogen and oxygen atoms in total. The van der Waals surface area contributed by atoms with Gasteiger partial charge in [0, 0.05) is 31.9 Å². The first-order valence-corrected chi connectivity index (χ1v) is 9.10. The number of hydrogen-bond donors (Lipinski definition) is 0. The van der Waals surface area contributed by atoms with E-state index >= 15 is 0 Å². The Morgan fingerprint density at radius 1 is 0.857 bits per heavy atom. The lowest BCUT2D eigenvalue weighted by molar-refractivity contribution is -0.134. The summed E-state index contributed by atoms with van der Waals surface area (Å²) in [5.41, 5.74) is 1.32. The van der Waals surface area contributed by atoms with Crippen molar-refractivity contribution >= 4 is 17.6 Å². The molecular formula is C21H24N2O5. The number of hydrogen-bond acceptors (Lipinski definition) is 6. The molecular weight excluding hydrogens is 360 g/mol. The van der Waals surface area contributed by atoms with Gasteiger partial charge in [0.1, 0.15) is 17.1 Å². The fourth-order valence-corrected chi connectivity index (χ4v) is 3.20. The summed E-state index contributed by atoms with van der Waals surface area (Å²) in [6.45, 7) is 2.34. The van der Waals surface area contributed by atoms with Gasteiger partial charge in [0.05, 0.1) is 14.2 Å². The molecule has 0 unspecified atom stereocenters. The van der Waals surface area contributed by atoms with E-state index in [4.69, 9.17) is 14.2 Å².